The minimum absolute atomic E-state index is 0.0226. The maximum Gasteiger partial charge on any atom is 0.160 e. The van der Waals surface area contributed by atoms with Crippen molar-refractivity contribution in [2.24, 2.45) is 4.99 Å². The van der Waals surface area contributed by atoms with Gasteiger partial charge in [-0.25, -0.2) is 0 Å². The number of hydrogen-bond donors (Lipinski definition) is 2. The number of rotatable bonds is 10. The van der Waals surface area contributed by atoms with E-state index in [1.165, 1.54) is 0 Å². The Labute approximate surface area is 238 Å². The Morgan fingerprint density at radius 1 is 1.08 bits per heavy atom. The molecular weight excluding hydrogens is 529 g/mol. The third kappa shape index (κ3) is 7.56. The maximum atomic E-state index is 12.5. The molecule has 0 aliphatic rings. The molecule has 1 heterocycles. The predicted octanol–water partition coefficient (Wildman–Crippen LogP) is 8.59. The quantitative estimate of drug-likeness (QED) is 0.151. The number of carbonyl (C=O) groups is 1. The number of allylic oxidation sites excluding steroid dienone is 1. The summed E-state index contributed by atoms with van der Waals surface area (Å²) in [6.45, 7) is 4.13. The van der Waals surface area contributed by atoms with Crippen molar-refractivity contribution in [2.45, 2.75) is 32.6 Å². The predicted molar refractivity (Wildman–Crippen MR) is 163 cm³/mol. The van der Waals surface area contributed by atoms with Crippen LogP contribution in [0, 0.1) is 0 Å². The first-order valence-electron chi connectivity index (χ1n) is 12.6. The van der Waals surface area contributed by atoms with Gasteiger partial charge in [0.2, 0.25) is 0 Å². The second kappa shape index (κ2) is 13.2. The molecule has 0 fully saturated rings. The number of halogens is 2. The summed E-state index contributed by atoms with van der Waals surface area (Å²) < 4.78 is 0. The average Bonchev–Trinajstić information content (AvgIpc) is 2.93. The Morgan fingerprint density at radius 2 is 1.85 bits per heavy atom. The summed E-state index contributed by atoms with van der Waals surface area (Å²) in [6, 6.07) is 18.4. The van der Waals surface area contributed by atoms with E-state index in [4.69, 9.17) is 23.2 Å². The van der Waals surface area contributed by atoms with Crippen LogP contribution in [0.1, 0.15) is 48.4 Å². The van der Waals surface area contributed by atoms with Gasteiger partial charge in [0.05, 0.1) is 5.52 Å². The molecule has 0 saturated carbocycles. The van der Waals surface area contributed by atoms with Gasteiger partial charge in [-0.2, -0.15) is 0 Å². The van der Waals surface area contributed by atoms with Gasteiger partial charge in [0.25, 0.3) is 0 Å². The first-order chi connectivity index (χ1) is 18.8. The number of nitrogens with zero attached hydrogens (tertiary/aromatic N) is 2. The van der Waals surface area contributed by atoms with Crippen molar-refractivity contribution in [3.05, 3.63) is 118 Å². The minimum Gasteiger partial charge on any atom is -0.507 e. The summed E-state index contributed by atoms with van der Waals surface area (Å²) in [6.07, 6.45) is 11.1. The molecule has 0 amide bonds. The zero-order valence-electron chi connectivity index (χ0n) is 21.7. The lowest BCUT2D eigenvalue weighted by Crippen LogP contribution is -1.99. The van der Waals surface area contributed by atoms with Crippen LogP contribution in [0.2, 0.25) is 10.0 Å². The fourth-order valence-electron chi connectivity index (χ4n) is 4.09. The van der Waals surface area contributed by atoms with E-state index in [0.29, 0.717) is 15.6 Å². The van der Waals surface area contributed by atoms with Crippen molar-refractivity contribution in [1.82, 2.24) is 4.98 Å². The molecule has 1 atom stereocenters. The number of aromatic nitrogens is 1. The van der Waals surface area contributed by atoms with Gasteiger partial charge in [-0.1, -0.05) is 55.3 Å². The molecular formula is C32H29Cl2N3O2. The van der Waals surface area contributed by atoms with Crippen LogP contribution in [0.3, 0.4) is 0 Å². The van der Waals surface area contributed by atoms with Crippen LogP contribution in [0.15, 0.2) is 90.3 Å². The number of hydrogen-bond acceptors (Lipinski definition) is 5. The molecule has 3 aromatic carbocycles. The fraction of sp³-hybridized carbons (Fsp3) is 0.156. The van der Waals surface area contributed by atoms with Gasteiger partial charge in [0.1, 0.15) is 5.75 Å². The summed E-state index contributed by atoms with van der Waals surface area (Å²) in [4.78, 5) is 21.3. The van der Waals surface area contributed by atoms with Crippen molar-refractivity contribution in [3.63, 3.8) is 0 Å². The molecule has 0 spiro atoms. The highest BCUT2D eigenvalue weighted by atomic mass is 35.5. The summed E-state index contributed by atoms with van der Waals surface area (Å²) in [5, 5.41) is 16.4. The maximum absolute atomic E-state index is 12.5. The number of fused-ring (bicyclic) bond motifs is 1. The Morgan fingerprint density at radius 3 is 2.62 bits per heavy atom. The lowest BCUT2D eigenvalue weighted by molar-refractivity contribution is -0.113. The number of phenols is 1. The molecule has 39 heavy (non-hydrogen) atoms. The van der Waals surface area contributed by atoms with E-state index in [-0.39, 0.29) is 23.9 Å². The number of anilines is 1. The molecule has 2 N–H and O–H groups in total. The number of aromatic hydroxyl groups is 1. The van der Waals surface area contributed by atoms with Crippen molar-refractivity contribution in [3.8, 4) is 5.75 Å². The van der Waals surface area contributed by atoms with Crippen LogP contribution in [0.25, 0.3) is 17.0 Å². The number of carbonyl (C=O) groups excluding carboxylic acids is 1. The monoisotopic (exact) mass is 557 g/mol. The van der Waals surface area contributed by atoms with Crippen LogP contribution >= 0.6 is 23.2 Å². The Kier molecular flexibility index (Phi) is 9.53. The van der Waals surface area contributed by atoms with Crippen molar-refractivity contribution < 1.29 is 9.90 Å². The number of benzene rings is 3. The van der Waals surface area contributed by atoms with Gasteiger partial charge >= 0.3 is 0 Å². The van der Waals surface area contributed by atoms with E-state index < -0.39 is 0 Å². The third-order valence-corrected chi connectivity index (χ3v) is 6.89. The van der Waals surface area contributed by atoms with Gasteiger partial charge in [0, 0.05) is 57.9 Å². The lowest BCUT2D eigenvalue weighted by Gasteiger charge is -2.14. The Hall–Kier alpha value is -3.93. The van der Waals surface area contributed by atoms with E-state index in [1.807, 2.05) is 48.5 Å². The SMILES string of the molecule is CCC(C)c1cc(/C=C/C(=O)Cc2ccc(Cl)cc2)cc(C=N/C=C/Nc2ccnc3cc(Cl)ccc23)c1O. The van der Waals surface area contributed by atoms with Crippen LogP contribution < -0.4 is 5.32 Å². The smallest absolute Gasteiger partial charge is 0.160 e. The largest absolute Gasteiger partial charge is 0.507 e. The molecule has 0 aliphatic heterocycles. The van der Waals surface area contributed by atoms with E-state index >= 15 is 0 Å². The summed E-state index contributed by atoms with van der Waals surface area (Å²) >= 11 is 12.0. The molecule has 1 aromatic heterocycles. The number of phenolic OH excluding ortho intramolecular Hbond substituents is 1. The van der Waals surface area contributed by atoms with Gasteiger partial charge in [-0.3, -0.25) is 14.8 Å². The first-order valence-corrected chi connectivity index (χ1v) is 13.4. The summed E-state index contributed by atoms with van der Waals surface area (Å²) in [5.41, 5.74) is 4.78. The molecule has 0 bridgehead atoms. The minimum atomic E-state index is -0.0226. The molecule has 4 aromatic rings. The highest BCUT2D eigenvalue weighted by molar-refractivity contribution is 6.31. The number of pyridine rings is 1. The fourth-order valence-corrected chi connectivity index (χ4v) is 4.38. The molecule has 198 valence electrons. The van der Waals surface area contributed by atoms with E-state index in [2.05, 4.69) is 29.1 Å². The second-order valence-electron chi connectivity index (χ2n) is 9.22. The molecule has 0 saturated heterocycles. The Bertz CT molecular complexity index is 1560. The molecule has 1 unspecified atom stereocenters. The van der Waals surface area contributed by atoms with Crippen molar-refractivity contribution in [2.75, 3.05) is 5.32 Å². The van der Waals surface area contributed by atoms with Crippen molar-refractivity contribution in [1.29, 1.82) is 0 Å². The second-order valence-corrected chi connectivity index (χ2v) is 10.1. The number of ketones is 1. The van der Waals surface area contributed by atoms with E-state index in [9.17, 15) is 9.90 Å². The summed E-state index contributed by atoms with van der Waals surface area (Å²) in [7, 11) is 0. The number of nitrogens with one attached hydrogen (secondary N) is 1. The Balaban J connectivity index is 1.50. The van der Waals surface area contributed by atoms with Crippen molar-refractivity contribution >= 4 is 57.9 Å². The van der Waals surface area contributed by atoms with Crippen LogP contribution in [0.5, 0.6) is 5.75 Å². The molecule has 4 rings (SSSR count). The highest BCUT2D eigenvalue weighted by Crippen LogP contribution is 2.32. The van der Waals surface area contributed by atoms with E-state index in [1.54, 1.807) is 49.1 Å². The van der Waals surface area contributed by atoms with Gasteiger partial charge in [0.15, 0.2) is 5.78 Å². The zero-order chi connectivity index (χ0) is 27.8. The first kappa shape index (κ1) is 28.1. The molecule has 0 radical (unpaired) electrons. The van der Waals surface area contributed by atoms with Gasteiger partial charge in [-0.15, -0.1) is 0 Å². The van der Waals surface area contributed by atoms with E-state index in [0.717, 1.165) is 39.7 Å². The zero-order valence-corrected chi connectivity index (χ0v) is 23.2. The highest BCUT2D eigenvalue weighted by Gasteiger charge is 2.13. The molecule has 7 heteroatoms. The lowest BCUT2D eigenvalue weighted by atomic mass is 9.93. The molecule has 0 aliphatic carbocycles. The molecule has 5 nitrogen and oxygen atoms in total. The summed E-state index contributed by atoms with van der Waals surface area (Å²) in [5.74, 6) is 0.308. The van der Waals surface area contributed by atoms with Gasteiger partial charge < -0.3 is 10.4 Å². The van der Waals surface area contributed by atoms with Crippen LogP contribution in [-0.2, 0) is 11.2 Å². The third-order valence-electron chi connectivity index (χ3n) is 6.41. The van der Waals surface area contributed by atoms with Gasteiger partial charge in [-0.05, 0) is 83.6 Å². The topological polar surface area (TPSA) is 74.6 Å². The van der Waals surface area contributed by atoms with Crippen LogP contribution in [0.4, 0.5) is 5.69 Å². The van der Waals surface area contributed by atoms with Crippen LogP contribution in [-0.4, -0.2) is 22.1 Å². The number of aliphatic imine (C=N–C) groups is 1. The standard InChI is InChI=1S/C32H29Cl2N3O2/c1-3-21(2)29-18-23(6-10-27(38)17-22-4-7-25(33)8-5-22)16-24(32(29)39)20-35-14-15-37-30-12-13-36-31-19-26(34)9-11-28(30)31/h4-16,18-21,39H,3,17H2,1-2H3,(H,36,37)/b10-6+,15-14+,35-20?. The normalized spacial score (nSPS) is 12.6. The average molecular weight is 559 g/mol.